The first kappa shape index (κ1) is 16.8. The van der Waals surface area contributed by atoms with E-state index in [1.165, 1.54) is 0 Å². The zero-order chi connectivity index (χ0) is 18.3. The molecule has 9 nitrogen and oxygen atoms in total. The van der Waals surface area contributed by atoms with Gasteiger partial charge in [-0.2, -0.15) is 10.2 Å². The van der Waals surface area contributed by atoms with Gasteiger partial charge in [-0.1, -0.05) is 0 Å². The first-order chi connectivity index (χ1) is 12.5. The average Bonchev–Trinajstić information content (AvgIpc) is 3.34. The number of amides is 2. The maximum Gasteiger partial charge on any atom is 0.246 e. The zero-order valence-corrected chi connectivity index (χ0v) is 15.0. The number of piperazine rings is 1. The molecule has 0 unspecified atom stereocenters. The molecule has 0 spiro atoms. The Morgan fingerprint density at radius 2 is 1.88 bits per heavy atom. The van der Waals surface area contributed by atoms with E-state index in [1.807, 2.05) is 32.7 Å². The van der Waals surface area contributed by atoms with Gasteiger partial charge < -0.3 is 15.1 Å². The molecule has 2 aliphatic rings. The van der Waals surface area contributed by atoms with Crippen LogP contribution < -0.4 is 10.2 Å². The number of rotatable bonds is 3. The highest BCUT2D eigenvalue weighted by Crippen LogP contribution is 2.30. The van der Waals surface area contributed by atoms with Crippen LogP contribution in [-0.2, 0) is 23.7 Å². The molecular formula is C17H23N7O2. The van der Waals surface area contributed by atoms with Gasteiger partial charge in [0.05, 0.1) is 24.0 Å². The van der Waals surface area contributed by atoms with Crippen LogP contribution in [0.3, 0.4) is 0 Å². The average molecular weight is 357 g/mol. The molecule has 26 heavy (non-hydrogen) atoms. The molecule has 4 rings (SSSR count). The van der Waals surface area contributed by atoms with Crippen molar-refractivity contribution < 1.29 is 9.59 Å². The van der Waals surface area contributed by atoms with E-state index < -0.39 is 0 Å². The lowest BCUT2D eigenvalue weighted by Gasteiger charge is -2.35. The summed E-state index contributed by atoms with van der Waals surface area (Å²) in [4.78, 5) is 29.0. The van der Waals surface area contributed by atoms with Crippen molar-refractivity contribution in [2.24, 2.45) is 20.0 Å². The fraction of sp³-hybridized carbons (Fsp3) is 0.529. The summed E-state index contributed by atoms with van der Waals surface area (Å²) < 4.78 is 3.42. The summed E-state index contributed by atoms with van der Waals surface area (Å²) in [6.45, 7) is 2.54. The van der Waals surface area contributed by atoms with E-state index in [1.54, 1.807) is 25.4 Å². The molecule has 4 heterocycles. The van der Waals surface area contributed by atoms with E-state index in [0.29, 0.717) is 19.6 Å². The van der Waals surface area contributed by atoms with Crippen LogP contribution in [0.1, 0.15) is 11.5 Å². The number of carbonyl (C=O) groups is 2. The fourth-order valence-electron chi connectivity index (χ4n) is 3.84. The Hall–Kier alpha value is -2.68. The van der Waals surface area contributed by atoms with Gasteiger partial charge >= 0.3 is 0 Å². The van der Waals surface area contributed by atoms with Crippen LogP contribution in [0.15, 0.2) is 24.8 Å². The predicted molar refractivity (Wildman–Crippen MR) is 94.4 cm³/mol. The molecule has 2 atom stereocenters. The Balaban J connectivity index is 1.45. The molecule has 2 aliphatic heterocycles. The molecule has 9 heteroatoms. The highest BCUT2D eigenvalue weighted by atomic mass is 16.2. The van der Waals surface area contributed by atoms with Gasteiger partial charge in [0.25, 0.3) is 0 Å². The highest BCUT2D eigenvalue weighted by Gasteiger charge is 2.39. The number of carbonyl (C=O) groups excluding carboxylic acids is 2. The third-order valence-corrected chi connectivity index (χ3v) is 5.22. The number of nitrogens with zero attached hydrogens (tertiary/aromatic N) is 6. The van der Waals surface area contributed by atoms with Crippen molar-refractivity contribution >= 4 is 17.5 Å². The molecule has 0 aliphatic carbocycles. The zero-order valence-electron chi connectivity index (χ0n) is 15.0. The molecule has 2 aromatic heterocycles. The molecule has 2 fully saturated rings. The van der Waals surface area contributed by atoms with Gasteiger partial charge in [0, 0.05) is 58.6 Å². The molecule has 2 aromatic rings. The Kier molecular flexibility index (Phi) is 4.23. The van der Waals surface area contributed by atoms with Gasteiger partial charge in [0.1, 0.15) is 6.54 Å². The van der Waals surface area contributed by atoms with Crippen molar-refractivity contribution in [3.05, 3.63) is 30.4 Å². The number of nitrogens with one attached hydrogen (secondary N) is 1. The summed E-state index contributed by atoms with van der Waals surface area (Å²) in [5.41, 5.74) is 1.84. The van der Waals surface area contributed by atoms with E-state index in [-0.39, 0.29) is 30.2 Å². The Bertz CT molecular complexity index is 827. The molecule has 0 aromatic carbocycles. The normalized spacial score (nSPS) is 23.7. The van der Waals surface area contributed by atoms with Crippen LogP contribution in [-0.4, -0.2) is 69.0 Å². The molecule has 138 valence electrons. The van der Waals surface area contributed by atoms with Crippen LogP contribution >= 0.6 is 0 Å². The standard InChI is InChI=1S/C17H23N7O2/c1-21-9-12(5-19-21)14-7-18-8-15(14)17(26)23-3-4-24(16(25)11-23)13-6-20-22(2)10-13/h5-6,9-10,14-15,18H,3-4,7-8,11H2,1-2H3/t14-,15+/m1/s1. The van der Waals surface area contributed by atoms with Gasteiger partial charge in [0.15, 0.2) is 0 Å². The molecular weight excluding hydrogens is 334 g/mol. The Morgan fingerprint density at radius 1 is 1.12 bits per heavy atom. The van der Waals surface area contributed by atoms with Gasteiger partial charge in [-0.05, 0) is 5.56 Å². The van der Waals surface area contributed by atoms with Gasteiger partial charge in [-0.3, -0.25) is 19.0 Å². The second-order valence-corrected chi connectivity index (χ2v) is 7.00. The molecule has 0 saturated carbocycles. The third kappa shape index (κ3) is 2.98. The first-order valence-electron chi connectivity index (χ1n) is 8.80. The van der Waals surface area contributed by atoms with Gasteiger partial charge in [-0.25, -0.2) is 0 Å². The summed E-state index contributed by atoms with van der Waals surface area (Å²) in [5, 5.41) is 11.6. The molecule has 0 radical (unpaired) electrons. The van der Waals surface area contributed by atoms with Crippen molar-refractivity contribution in [2.45, 2.75) is 5.92 Å². The predicted octanol–water partition coefficient (Wildman–Crippen LogP) is -0.668. The van der Waals surface area contributed by atoms with E-state index in [0.717, 1.165) is 17.8 Å². The van der Waals surface area contributed by atoms with E-state index in [4.69, 9.17) is 0 Å². The van der Waals surface area contributed by atoms with Crippen LogP contribution in [0.2, 0.25) is 0 Å². The molecule has 2 amide bonds. The van der Waals surface area contributed by atoms with Gasteiger partial charge in [-0.15, -0.1) is 0 Å². The van der Waals surface area contributed by atoms with Crippen LogP contribution in [0.5, 0.6) is 0 Å². The first-order valence-corrected chi connectivity index (χ1v) is 8.80. The van der Waals surface area contributed by atoms with Crippen molar-refractivity contribution in [2.75, 3.05) is 37.6 Å². The smallest absolute Gasteiger partial charge is 0.246 e. The lowest BCUT2D eigenvalue weighted by molar-refractivity contribution is -0.140. The largest absolute Gasteiger partial charge is 0.331 e. The maximum atomic E-state index is 13.1. The monoisotopic (exact) mass is 357 g/mol. The summed E-state index contributed by atoms with van der Waals surface area (Å²) in [5.74, 6) is -0.0795. The Morgan fingerprint density at radius 3 is 2.54 bits per heavy atom. The summed E-state index contributed by atoms with van der Waals surface area (Å²) in [7, 11) is 3.69. The summed E-state index contributed by atoms with van der Waals surface area (Å²) in [6.07, 6.45) is 7.27. The lowest BCUT2D eigenvalue weighted by atomic mass is 9.89. The summed E-state index contributed by atoms with van der Waals surface area (Å²) in [6, 6.07) is 0. The topological polar surface area (TPSA) is 88.3 Å². The fourth-order valence-corrected chi connectivity index (χ4v) is 3.84. The minimum absolute atomic E-state index is 0.0445. The Labute approximate surface area is 151 Å². The minimum atomic E-state index is -0.156. The quantitative estimate of drug-likeness (QED) is 0.787. The second kappa shape index (κ2) is 6.56. The molecule has 1 N–H and O–H groups in total. The number of hydrogen-bond donors (Lipinski definition) is 1. The SMILES string of the molecule is Cn1cc([C@H]2CNC[C@@H]2C(=O)N2CCN(c3cnn(C)c3)C(=O)C2)cn1. The molecule has 2 saturated heterocycles. The van der Waals surface area contributed by atoms with Crippen molar-refractivity contribution in [1.82, 2.24) is 29.8 Å². The van der Waals surface area contributed by atoms with E-state index >= 15 is 0 Å². The lowest BCUT2D eigenvalue weighted by Crippen LogP contribution is -2.54. The minimum Gasteiger partial charge on any atom is -0.331 e. The van der Waals surface area contributed by atoms with Crippen molar-refractivity contribution in [3.63, 3.8) is 0 Å². The third-order valence-electron chi connectivity index (χ3n) is 5.22. The molecule has 0 bridgehead atoms. The number of aromatic nitrogens is 4. The highest BCUT2D eigenvalue weighted by molar-refractivity contribution is 5.98. The van der Waals surface area contributed by atoms with Gasteiger partial charge in [0.2, 0.25) is 11.8 Å². The number of aryl methyl sites for hydroxylation is 2. The number of hydrogen-bond acceptors (Lipinski definition) is 5. The van der Waals surface area contributed by atoms with Crippen molar-refractivity contribution in [3.8, 4) is 0 Å². The van der Waals surface area contributed by atoms with Crippen LogP contribution in [0, 0.1) is 5.92 Å². The number of anilines is 1. The second-order valence-electron chi connectivity index (χ2n) is 7.00. The van der Waals surface area contributed by atoms with Crippen LogP contribution in [0.4, 0.5) is 5.69 Å². The van der Waals surface area contributed by atoms with E-state index in [9.17, 15) is 9.59 Å². The van der Waals surface area contributed by atoms with E-state index in [2.05, 4.69) is 15.5 Å². The summed E-state index contributed by atoms with van der Waals surface area (Å²) >= 11 is 0. The van der Waals surface area contributed by atoms with Crippen LogP contribution in [0.25, 0.3) is 0 Å². The van der Waals surface area contributed by atoms with Crippen molar-refractivity contribution in [1.29, 1.82) is 0 Å². The maximum absolute atomic E-state index is 13.1.